The van der Waals surface area contributed by atoms with E-state index in [-0.39, 0.29) is 6.10 Å². The highest BCUT2D eigenvalue weighted by molar-refractivity contribution is 5.46. The first-order valence-corrected chi connectivity index (χ1v) is 6.69. The Morgan fingerprint density at radius 2 is 2.00 bits per heavy atom. The number of benzene rings is 1. The number of anilines is 1. The van der Waals surface area contributed by atoms with E-state index in [1.807, 2.05) is 50.5 Å². The van der Waals surface area contributed by atoms with E-state index >= 15 is 0 Å². The zero-order valence-electron chi connectivity index (χ0n) is 11.8. The molecule has 0 unspecified atom stereocenters. The van der Waals surface area contributed by atoms with Gasteiger partial charge in [-0.1, -0.05) is 0 Å². The summed E-state index contributed by atoms with van der Waals surface area (Å²) in [6.07, 6.45) is 4.03. The summed E-state index contributed by atoms with van der Waals surface area (Å²) in [7, 11) is 0. The van der Waals surface area contributed by atoms with Gasteiger partial charge in [0.2, 0.25) is 0 Å². The molecule has 2 rings (SSSR count). The first kappa shape index (κ1) is 13.5. The van der Waals surface area contributed by atoms with Crippen LogP contribution < -0.4 is 10.1 Å². The number of nitrogens with one attached hydrogen (secondary N) is 1. The quantitative estimate of drug-likeness (QED) is 0.865. The highest BCUT2D eigenvalue weighted by Crippen LogP contribution is 2.17. The lowest BCUT2D eigenvalue weighted by molar-refractivity contribution is 0.242. The van der Waals surface area contributed by atoms with Crippen LogP contribution in [-0.4, -0.2) is 15.7 Å². The fourth-order valence-corrected chi connectivity index (χ4v) is 1.90. The molecular weight excluding hydrogens is 238 g/mol. The number of imidazole rings is 1. The van der Waals surface area contributed by atoms with Gasteiger partial charge < -0.3 is 14.6 Å². The second-order valence-electron chi connectivity index (χ2n) is 4.67. The monoisotopic (exact) mass is 259 g/mol. The van der Waals surface area contributed by atoms with Crippen molar-refractivity contribution >= 4 is 5.69 Å². The fraction of sp³-hybridized carbons (Fsp3) is 0.400. The van der Waals surface area contributed by atoms with Crippen LogP contribution in [0.15, 0.2) is 36.7 Å². The second-order valence-corrected chi connectivity index (χ2v) is 4.67. The van der Waals surface area contributed by atoms with Crippen LogP contribution >= 0.6 is 0 Å². The Morgan fingerprint density at radius 3 is 2.63 bits per heavy atom. The third-order valence-electron chi connectivity index (χ3n) is 2.82. The van der Waals surface area contributed by atoms with Crippen molar-refractivity contribution in [2.24, 2.45) is 0 Å². The number of rotatable bonds is 6. The zero-order valence-corrected chi connectivity index (χ0v) is 11.8. The van der Waals surface area contributed by atoms with Crippen LogP contribution in [-0.2, 0) is 13.1 Å². The highest BCUT2D eigenvalue weighted by Gasteiger charge is 2.01. The second kappa shape index (κ2) is 6.27. The molecular formula is C15H21N3O. The van der Waals surface area contributed by atoms with Crippen LogP contribution in [0.1, 0.15) is 26.6 Å². The van der Waals surface area contributed by atoms with Gasteiger partial charge >= 0.3 is 0 Å². The van der Waals surface area contributed by atoms with E-state index in [1.54, 1.807) is 0 Å². The van der Waals surface area contributed by atoms with E-state index in [9.17, 15) is 0 Å². The Morgan fingerprint density at radius 1 is 1.26 bits per heavy atom. The summed E-state index contributed by atoms with van der Waals surface area (Å²) in [5.74, 6) is 1.95. The molecule has 0 amide bonds. The minimum atomic E-state index is 0.204. The molecule has 0 bridgehead atoms. The van der Waals surface area contributed by atoms with Crippen LogP contribution in [0, 0.1) is 0 Å². The van der Waals surface area contributed by atoms with E-state index in [0.717, 1.165) is 30.4 Å². The standard InChI is InChI=1S/C15H21N3O/c1-4-18-10-9-16-15(18)11-17-13-5-7-14(8-6-13)19-12(2)3/h5-10,12,17H,4,11H2,1-3H3. The topological polar surface area (TPSA) is 39.1 Å². The van der Waals surface area contributed by atoms with Crippen molar-refractivity contribution in [3.8, 4) is 5.75 Å². The van der Waals surface area contributed by atoms with E-state index in [4.69, 9.17) is 4.74 Å². The molecule has 0 saturated carbocycles. The van der Waals surface area contributed by atoms with E-state index in [2.05, 4.69) is 21.8 Å². The fourth-order valence-electron chi connectivity index (χ4n) is 1.90. The molecule has 1 heterocycles. The maximum absolute atomic E-state index is 5.61. The molecule has 1 N–H and O–H groups in total. The van der Waals surface area contributed by atoms with Gasteiger partial charge in [-0.15, -0.1) is 0 Å². The maximum atomic E-state index is 5.61. The Bertz CT molecular complexity index is 502. The van der Waals surface area contributed by atoms with Crippen molar-refractivity contribution < 1.29 is 4.74 Å². The molecule has 0 aliphatic rings. The van der Waals surface area contributed by atoms with E-state index in [1.165, 1.54) is 0 Å². The van der Waals surface area contributed by atoms with Crippen LogP contribution in [0.25, 0.3) is 0 Å². The Labute approximate surface area is 114 Å². The smallest absolute Gasteiger partial charge is 0.128 e. The summed E-state index contributed by atoms with van der Waals surface area (Å²) in [5.41, 5.74) is 1.07. The van der Waals surface area contributed by atoms with Gasteiger partial charge in [-0.05, 0) is 45.0 Å². The lowest BCUT2D eigenvalue weighted by atomic mass is 10.3. The van der Waals surface area contributed by atoms with Gasteiger partial charge in [0.15, 0.2) is 0 Å². The normalized spacial score (nSPS) is 10.7. The SMILES string of the molecule is CCn1ccnc1CNc1ccc(OC(C)C)cc1. The molecule has 0 saturated heterocycles. The lowest BCUT2D eigenvalue weighted by Crippen LogP contribution is -2.08. The van der Waals surface area contributed by atoms with Crippen molar-refractivity contribution in [1.29, 1.82) is 0 Å². The number of hydrogen-bond donors (Lipinski definition) is 1. The number of aryl methyl sites for hydroxylation is 1. The minimum Gasteiger partial charge on any atom is -0.491 e. The molecule has 0 aliphatic heterocycles. The molecule has 0 spiro atoms. The summed E-state index contributed by atoms with van der Waals surface area (Å²) in [4.78, 5) is 4.33. The van der Waals surface area contributed by atoms with Crippen molar-refractivity contribution in [2.45, 2.75) is 40.0 Å². The summed E-state index contributed by atoms with van der Waals surface area (Å²) < 4.78 is 7.74. The first-order chi connectivity index (χ1) is 9.19. The zero-order chi connectivity index (χ0) is 13.7. The molecule has 2 aromatic rings. The summed E-state index contributed by atoms with van der Waals surface area (Å²) in [6, 6.07) is 8.01. The van der Waals surface area contributed by atoms with Gasteiger partial charge in [0.05, 0.1) is 12.6 Å². The van der Waals surface area contributed by atoms with Crippen LogP contribution in [0.2, 0.25) is 0 Å². The largest absolute Gasteiger partial charge is 0.491 e. The van der Waals surface area contributed by atoms with Gasteiger partial charge in [0, 0.05) is 24.6 Å². The molecule has 0 aliphatic carbocycles. The molecule has 1 aromatic carbocycles. The van der Waals surface area contributed by atoms with Crippen molar-refractivity contribution in [3.05, 3.63) is 42.5 Å². The van der Waals surface area contributed by atoms with Gasteiger partial charge in [0.25, 0.3) is 0 Å². The average molecular weight is 259 g/mol. The molecule has 1 aromatic heterocycles. The lowest BCUT2D eigenvalue weighted by Gasteiger charge is -2.11. The third-order valence-corrected chi connectivity index (χ3v) is 2.82. The molecule has 102 valence electrons. The van der Waals surface area contributed by atoms with Gasteiger partial charge in [-0.2, -0.15) is 0 Å². The van der Waals surface area contributed by atoms with Crippen molar-refractivity contribution in [3.63, 3.8) is 0 Å². The number of ether oxygens (including phenoxy) is 1. The minimum absolute atomic E-state index is 0.204. The number of hydrogen-bond acceptors (Lipinski definition) is 3. The molecule has 4 heteroatoms. The predicted molar refractivity (Wildman–Crippen MR) is 77.4 cm³/mol. The highest BCUT2D eigenvalue weighted by atomic mass is 16.5. The van der Waals surface area contributed by atoms with Crippen molar-refractivity contribution in [2.75, 3.05) is 5.32 Å². The van der Waals surface area contributed by atoms with Crippen LogP contribution in [0.3, 0.4) is 0 Å². The third kappa shape index (κ3) is 3.74. The Balaban J connectivity index is 1.93. The number of nitrogens with zero attached hydrogens (tertiary/aromatic N) is 2. The van der Waals surface area contributed by atoms with Crippen LogP contribution in [0.4, 0.5) is 5.69 Å². The Kier molecular flexibility index (Phi) is 4.44. The molecule has 0 atom stereocenters. The first-order valence-electron chi connectivity index (χ1n) is 6.69. The molecule has 4 nitrogen and oxygen atoms in total. The summed E-state index contributed by atoms with van der Waals surface area (Å²) in [6.45, 7) is 7.83. The van der Waals surface area contributed by atoms with Gasteiger partial charge in [-0.3, -0.25) is 0 Å². The van der Waals surface area contributed by atoms with Crippen molar-refractivity contribution in [1.82, 2.24) is 9.55 Å². The average Bonchev–Trinajstić information content (AvgIpc) is 2.84. The van der Waals surface area contributed by atoms with Crippen LogP contribution in [0.5, 0.6) is 5.75 Å². The molecule has 0 fully saturated rings. The Hall–Kier alpha value is -1.97. The summed E-state index contributed by atoms with van der Waals surface area (Å²) in [5, 5.41) is 3.36. The summed E-state index contributed by atoms with van der Waals surface area (Å²) >= 11 is 0. The van der Waals surface area contributed by atoms with E-state index < -0.39 is 0 Å². The maximum Gasteiger partial charge on any atom is 0.128 e. The van der Waals surface area contributed by atoms with Gasteiger partial charge in [-0.25, -0.2) is 4.98 Å². The number of aromatic nitrogens is 2. The van der Waals surface area contributed by atoms with E-state index in [0.29, 0.717) is 0 Å². The predicted octanol–water partition coefficient (Wildman–Crippen LogP) is 3.30. The molecule has 0 radical (unpaired) electrons. The molecule has 19 heavy (non-hydrogen) atoms. The van der Waals surface area contributed by atoms with Gasteiger partial charge in [0.1, 0.15) is 11.6 Å².